The fourth-order valence-corrected chi connectivity index (χ4v) is 3.26. The maximum Gasteiger partial charge on any atom is 0.131 e. The molecule has 0 heterocycles. The molecule has 20 heavy (non-hydrogen) atoms. The lowest BCUT2D eigenvalue weighted by Gasteiger charge is -2.36. The van der Waals surface area contributed by atoms with E-state index in [1.165, 1.54) is 19.6 Å². The minimum Gasteiger partial charge on any atom is -0.497 e. The Bertz CT molecular complexity index is 452. The Labute approximate surface area is 120 Å². The first-order valence-electron chi connectivity index (χ1n) is 7.36. The van der Waals surface area contributed by atoms with Crippen molar-refractivity contribution in [3.05, 3.63) is 29.6 Å². The largest absolute Gasteiger partial charge is 0.497 e. The van der Waals surface area contributed by atoms with Crippen LogP contribution in [0.15, 0.2) is 18.2 Å². The molecule has 1 saturated carbocycles. The highest BCUT2D eigenvalue weighted by Gasteiger charge is 2.31. The molecule has 1 aromatic rings. The maximum atomic E-state index is 14.2. The summed E-state index contributed by atoms with van der Waals surface area (Å²) in [6.07, 6.45) is 3.36. The van der Waals surface area contributed by atoms with Crippen molar-refractivity contribution >= 4 is 0 Å². The van der Waals surface area contributed by atoms with Gasteiger partial charge in [-0.05, 0) is 36.7 Å². The van der Waals surface area contributed by atoms with Crippen molar-refractivity contribution < 1.29 is 9.13 Å². The molecule has 3 N–H and O–H groups in total. The molecule has 0 saturated heterocycles. The molecule has 1 aromatic carbocycles. The first kappa shape index (κ1) is 15.3. The Hall–Kier alpha value is -1.13. The average Bonchev–Trinajstić information content (AvgIpc) is 2.45. The Morgan fingerprint density at radius 1 is 1.30 bits per heavy atom. The summed E-state index contributed by atoms with van der Waals surface area (Å²) >= 11 is 0. The number of nitrogens with one attached hydrogen (secondary N) is 1. The summed E-state index contributed by atoms with van der Waals surface area (Å²) < 4.78 is 19.3. The summed E-state index contributed by atoms with van der Waals surface area (Å²) in [5, 5.41) is 0. The Morgan fingerprint density at radius 3 is 2.60 bits per heavy atom. The van der Waals surface area contributed by atoms with Gasteiger partial charge in [-0.1, -0.05) is 26.3 Å². The predicted molar refractivity (Wildman–Crippen MR) is 78.7 cm³/mol. The number of benzene rings is 1. The third-order valence-electron chi connectivity index (χ3n) is 4.83. The number of halogens is 1. The zero-order valence-electron chi connectivity index (χ0n) is 12.5. The van der Waals surface area contributed by atoms with Gasteiger partial charge in [0.25, 0.3) is 0 Å². The van der Waals surface area contributed by atoms with Crippen LogP contribution in [-0.2, 0) is 0 Å². The predicted octanol–water partition coefficient (Wildman–Crippen LogP) is 3.41. The van der Waals surface area contributed by atoms with Crippen LogP contribution < -0.4 is 16.0 Å². The van der Waals surface area contributed by atoms with Crippen molar-refractivity contribution in [2.24, 2.45) is 23.6 Å². The fourth-order valence-electron chi connectivity index (χ4n) is 3.26. The van der Waals surface area contributed by atoms with E-state index in [-0.39, 0.29) is 11.9 Å². The lowest BCUT2D eigenvalue weighted by molar-refractivity contribution is 0.169. The number of methoxy groups -OCH3 is 1. The van der Waals surface area contributed by atoms with Gasteiger partial charge in [0.15, 0.2) is 0 Å². The summed E-state index contributed by atoms with van der Waals surface area (Å²) in [7, 11) is 1.54. The minimum absolute atomic E-state index is 0.129. The van der Waals surface area contributed by atoms with E-state index < -0.39 is 0 Å². The van der Waals surface area contributed by atoms with E-state index in [0.717, 1.165) is 18.8 Å². The van der Waals surface area contributed by atoms with Crippen LogP contribution in [0, 0.1) is 23.6 Å². The van der Waals surface area contributed by atoms with Crippen LogP contribution in [0.25, 0.3) is 0 Å². The zero-order chi connectivity index (χ0) is 14.7. The molecule has 1 fully saturated rings. The molecule has 4 unspecified atom stereocenters. The van der Waals surface area contributed by atoms with Gasteiger partial charge in [0.2, 0.25) is 0 Å². The van der Waals surface area contributed by atoms with Crippen molar-refractivity contribution in [3.63, 3.8) is 0 Å². The molecule has 112 valence electrons. The molecule has 0 amide bonds. The normalized spacial score (nSPS) is 28.1. The van der Waals surface area contributed by atoms with E-state index in [2.05, 4.69) is 19.3 Å². The Balaban J connectivity index is 2.20. The third kappa shape index (κ3) is 3.13. The van der Waals surface area contributed by atoms with Crippen molar-refractivity contribution in [3.8, 4) is 5.75 Å². The smallest absolute Gasteiger partial charge is 0.131 e. The molecule has 2 rings (SSSR count). The maximum absolute atomic E-state index is 14.2. The SMILES string of the molecule is COc1ccc(C(NN)C2CCC(C)C(C)C2)c(F)c1. The number of hydrogen-bond donors (Lipinski definition) is 2. The molecule has 3 nitrogen and oxygen atoms in total. The number of hydrazine groups is 1. The third-order valence-corrected chi connectivity index (χ3v) is 4.83. The average molecular weight is 280 g/mol. The number of nitrogens with two attached hydrogens (primary N) is 1. The second kappa shape index (κ2) is 6.55. The van der Waals surface area contributed by atoms with E-state index in [4.69, 9.17) is 10.6 Å². The van der Waals surface area contributed by atoms with Gasteiger partial charge in [0, 0.05) is 11.6 Å². The van der Waals surface area contributed by atoms with Gasteiger partial charge in [0.1, 0.15) is 11.6 Å². The zero-order valence-corrected chi connectivity index (χ0v) is 12.5. The molecule has 0 aliphatic heterocycles. The van der Waals surface area contributed by atoms with E-state index in [1.807, 2.05) is 0 Å². The molecule has 0 spiro atoms. The summed E-state index contributed by atoms with van der Waals surface area (Å²) in [5.41, 5.74) is 3.46. The lowest BCUT2D eigenvalue weighted by Crippen LogP contribution is -2.37. The van der Waals surface area contributed by atoms with Crippen LogP contribution in [0.1, 0.15) is 44.7 Å². The second-order valence-electron chi connectivity index (χ2n) is 6.06. The van der Waals surface area contributed by atoms with Crippen LogP contribution in [0.2, 0.25) is 0 Å². The van der Waals surface area contributed by atoms with Crippen LogP contribution in [0.5, 0.6) is 5.75 Å². The molecular weight excluding hydrogens is 255 g/mol. The number of ether oxygens (including phenoxy) is 1. The first-order chi connectivity index (χ1) is 9.56. The summed E-state index contributed by atoms with van der Waals surface area (Å²) in [4.78, 5) is 0. The molecule has 0 radical (unpaired) electrons. The fraction of sp³-hybridized carbons (Fsp3) is 0.625. The summed E-state index contributed by atoms with van der Waals surface area (Å²) in [5.74, 6) is 7.77. The van der Waals surface area contributed by atoms with Crippen LogP contribution in [0.4, 0.5) is 4.39 Å². The van der Waals surface area contributed by atoms with Gasteiger partial charge in [-0.15, -0.1) is 0 Å². The monoisotopic (exact) mass is 280 g/mol. The van der Waals surface area contributed by atoms with Crippen molar-refractivity contribution in [2.45, 2.75) is 39.2 Å². The topological polar surface area (TPSA) is 47.3 Å². The highest BCUT2D eigenvalue weighted by Crippen LogP contribution is 2.40. The Kier molecular flexibility index (Phi) is 5.00. The highest BCUT2D eigenvalue weighted by atomic mass is 19.1. The molecule has 1 aliphatic rings. The first-order valence-corrected chi connectivity index (χ1v) is 7.36. The quantitative estimate of drug-likeness (QED) is 0.656. The highest BCUT2D eigenvalue weighted by molar-refractivity contribution is 5.31. The number of hydrogen-bond acceptors (Lipinski definition) is 3. The van der Waals surface area contributed by atoms with Gasteiger partial charge in [-0.3, -0.25) is 11.3 Å². The minimum atomic E-state index is -0.251. The molecule has 4 atom stereocenters. The van der Waals surface area contributed by atoms with E-state index in [9.17, 15) is 4.39 Å². The van der Waals surface area contributed by atoms with E-state index >= 15 is 0 Å². The summed E-state index contributed by atoms with van der Waals surface area (Å²) in [6, 6.07) is 4.86. The van der Waals surface area contributed by atoms with Gasteiger partial charge in [0.05, 0.1) is 13.2 Å². The van der Waals surface area contributed by atoms with Gasteiger partial charge >= 0.3 is 0 Å². The van der Waals surface area contributed by atoms with Crippen molar-refractivity contribution in [1.29, 1.82) is 0 Å². The standard InChI is InChI=1S/C16H25FN2O/c1-10-4-5-12(8-11(10)2)16(19-18)14-7-6-13(20-3)9-15(14)17/h6-7,9-12,16,19H,4-5,8,18H2,1-3H3. The van der Waals surface area contributed by atoms with Crippen LogP contribution in [0.3, 0.4) is 0 Å². The van der Waals surface area contributed by atoms with Crippen LogP contribution >= 0.6 is 0 Å². The lowest BCUT2D eigenvalue weighted by atomic mass is 9.72. The van der Waals surface area contributed by atoms with Gasteiger partial charge < -0.3 is 4.74 Å². The van der Waals surface area contributed by atoms with Crippen molar-refractivity contribution in [1.82, 2.24) is 5.43 Å². The van der Waals surface area contributed by atoms with Gasteiger partial charge in [-0.2, -0.15) is 0 Å². The van der Waals surface area contributed by atoms with E-state index in [0.29, 0.717) is 23.1 Å². The summed E-state index contributed by atoms with van der Waals surface area (Å²) in [6.45, 7) is 4.56. The molecular formula is C16H25FN2O. The molecule has 1 aliphatic carbocycles. The van der Waals surface area contributed by atoms with Crippen LogP contribution in [-0.4, -0.2) is 7.11 Å². The number of rotatable bonds is 4. The van der Waals surface area contributed by atoms with Gasteiger partial charge in [-0.25, -0.2) is 4.39 Å². The molecule has 0 aromatic heterocycles. The molecule has 0 bridgehead atoms. The molecule has 4 heteroatoms. The Morgan fingerprint density at radius 2 is 2.05 bits per heavy atom. The van der Waals surface area contributed by atoms with Crippen molar-refractivity contribution in [2.75, 3.05) is 7.11 Å². The van der Waals surface area contributed by atoms with E-state index in [1.54, 1.807) is 12.1 Å². The second-order valence-corrected chi connectivity index (χ2v) is 6.06.